The zero-order valence-electron chi connectivity index (χ0n) is 25.9. The number of halogens is 3. The van der Waals surface area contributed by atoms with Crippen LogP contribution < -0.4 is 31.4 Å². The molecule has 0 atom stereocenters. The Morgan fingerprint density at radius 1 is 0.395 bits per heavy atom. The first-order valence-electron chi connectivity index (χ1n) is 15.1. The van der Waals surface area contributed by atoms with Crippen LogP contribution >= 0.6 is 37.2 Å². The summed E-state index contributed by atoms with van der Waals surface area (Å²) >= 11 is -6.40. The van der Waals surface area contributed by atoms with E-state index in [2.05, 4.69) is 156 Å². The van der Waals surface area contributed by atoms with Gasteiger partial charge in [-0.3, -0.25) is 0 Å². The van der Waals surface area contributed by atoms with E-state index >= 15 is 0 Å². The van der Waals surface area contributed by atoms with Crippen LogP contribution in [0, 0.1) is 0 Å². The summed E-state index contributed by atoms with van der Waals surface area (Å²) in [5.74, 6) is 0. The standard InChI is InChI=1S/C8H19N4.4C6H5.3CH3.3ClH.Ti/c1-2-10-5-6-12-8-7-11-4-3-9-1;4*1-2-4-6-5-3-1;;;;;;;/h9-11H,1-8H2;4*1-5H;3*1H3;3*1H;/q-1;;;;;;;;;;;+1. The predicted octanol–water partition coefficient (Wildman–Crippen LogP) is 4.99. The summed E-state index contributed by atoms with van der Waals surface area (Å²) in [5.41, 5.74) is 0. The maximum atomic E-state index is 3.78. The molecule has 1 fully saturated rings. The number of nitrogens with zero attached hydrogens (tertiary/aromatic N) is 1. The molecule has 0 saturated carbocycles. The van der Waals surface area contributed by atoms with Gasteiger partial charge in [0.15, 0.2) is 0 Å². The number of nitrogens with one attached hydrogen (secondary N) is 3. The first kappa shape index (κ1) is 37.5. The van der Waals surface area contributed by atoms with E-state index < -0.39 is 11.7 Å². The Bertz CT molecular complexity index is 1300. The number of benzene rings is 4. The van der Waals surface area contributed by atoms with Crippen molar-refractivity contribution in [1.29, 1.82) is 0 Å². The average Bonchev–Trinajstić information content (AvgIpc) is 3.00. The van der Waals surface area contributed by atoms with Crippen molar-refractivity contribution in [2.45, 2.75) is 15.7 Å². The van der Waals surface area contributed by atoms with Crippen LogP contribution in [0.3, 0.4) is 0 Å². The molecule has 0 radical (unpaired) electrons. The molecule has 0 spiro atoms. The van der Waals surface area contributed by atoms with Crippen molar-refractivity contribution in [2.24, 2.45) is 0 Å². The summed E-state index contributed by atoms with van der Waals surface area (Å²) in [4.78, 5) is 0. The molecule has 4 aromatic rings. The van der Waals surface area contributed by atoms with Gasteiger partial charge in [-0.15, -0.1) is 37.2 Å². The molecule has 236 valence electrons. The summed E-state index contributed by atoms with van der Waals surface area (Å²) < 4.78 is 8.41. The number of hydrogen-bond acceptors (Lipinski definition) is 4. The molecule has 0 amide bonds. The molecule has 1 aliphatic rings. The fraction of sp³-hybridized carbons (Fsp3) is 0.314. The Kier molecular flexibility index (Phi) is 10.4. The Morgan fingerprint density at radius 3 is 0.884 bits per heavy atom. The molecule has 3 N–H and O–H groups in total. The molecule has 1 saturated heterocycles. The Morgan fingerprint density at radius 2 is 0.628 bits per heavy atom. The minimum atomic E-state index is -6.40. The summed E-state index contributed by atoms with van der Waals surface area (Å²) in [6, 6.07) is 45.8. The van der Waals surface area contributed by atoms with Gasteiger partial charge in [0.1, 0.15) is 0 Å². The molecule has 0 aromatic heterocycles. The van der Waals surface area contributed by atoms with Crippen LogP contribution in [0.5, 0.6) is 0 Å². The van der Waals surface area contributed by atoms with Gasteiger partial charge in [0.25, 0.3) is 0 Å². The topological polar surface area (TPSA) is 39.3 Å². The van der Waals surface area contributed by atoms with Crippen molar-refractivity contribution in [3.63, 3.8) is 0 Å². The van der Waals surface area contributed by atoms with Gasteiger partial charge in [-0.25, -0.2) is 0 Å². The van der Waals surface area contributed by atoms with Crippen molar-refractivity contribution in [2.75, 3.05) is 52.4 Å². The first-order valence-corrected chi connectivity index (χ1v) is 23.6. The van der Waals surface area contributed by atoms with Gasteiger partial charge in [0, 0.05) is 0 Å². The van der Waals surface area contributed by atoms with Crippen LogP contribution in [0.1, 0.15) is 0 Å². The van der Waals surface area contributed by atoms with Crippen LogP contribution in [0.4, 0.5) is 0 Å². The normalized spacial score (nSPS) is 19.0. The molecule has 8 heteroatoms. The Hall–Kier alpha value is -1.70. The molecule has 0 aliphatic carbocycles. The molecular formula is C35H51Cl3N4Ti. The van der Waals surface area contributed by atoms with Crippen LogP contribution in [0.25, 0.3) is 0 Å². The molecule has 5 rings (SSSR count). The van der Waals surface area contributed by atoms with Crippen molar-refractivity contribution < 1.29 is 11.7 Å². The second-order valence-electron chi connectivity index (χ2n) is 15.1. The van der Waals surface area contributed by atoms with Crippen molar-refractivity contribution in [1.82, 2.24) is 19.3 Å². The minimum absolute atomic E-state index is 0. The van der Waals surface area contributed by atoms with Crippen molar-refractivity contribution in [3.8, 4) is 0 Å². The van der Waals surface area contributed by atoms with Gasteiger partial charge in [0.05, 0.1) is 0 Å². The summed E-state index contributed by atoms with van der Waals surface area (Å²) in [5, 5.41) is 19.2. The molecule has 1 heterocycles. The molecule has 1 aliphatic heterocycles. The van der Waals surface area contributed by atoms with E-state index in [0.717, 1.165) is 52.4 Å². The van der Waals surface area contributed by atoms with Gasteiger partial charge >= 0.3 is 236 Å². The second-order valence-corrected chi connectivity index (χ2v) is 39.6. The van der Waals surface area contributed by atoms with Crippen LogP contribution in [0.15, 0.2) is 121 Å². The molecular weight excluding hydrogens is 631 g/mol. The Labute approximate surface area is 271 Å². The summed E-state index contributed by atoms with van der Waals surface area (Å²) in [7, 11) is 0. The zero-order chi connectivity index (χ0) is 28.2. The average molecular weight is 682 g/mol. The number of rotatable bonds is 5. The third-order valence-corrected chi connectivity index (χ3v) is 38.0. The van der Waals surface area contributed by atoms with E-state index in [4.69, 9.17) is 0 Å². The van der Waals surface area contributed by atoms with Gasteiger partial charge < -0.3 is 0 Å². The van der Waals surface area contributed by atoms with E-state index in [1.165, 1.54) is 15.5 Å². The van der Waals surface area contributed by atoms with E-state index in [1.807, 2.05) is 0 Å². The fourth-order valence-corrected chi connectivity index (χ4v) is 29.9. The molecule has 4 nitrogen and oxygen atoms in total. The quantitative estimate of drug-likeness (QED) is 0.260. The first-order chi connectivity index (χ1) is 19.2. The van der Waals surface area contributed by atoms with Gasteiger partial charge in [-0.2, -0.15) is 0 Å². The summed E-state index contributed by atoms with van der Waals surface area (Å²) in [6.45, 7) is 7.40. The number of hydrogen-bond donors (Lipinski definition) is 3. The second kappa shape index (κ2) is 11.9. The van der Waals surface area contributed by atoms with E-state index in [0.29, 0.717) is 0 Å². The van der Waals surface area contributed by atoms with Crippen LogP contribution in [-0.2, 0) is 11.7 Å². The zero-order valence-corrected chi connectivity index (χ0v) is 29.9. The third kappa shape index (κ3) is 4.53. The Balaban J connectivity index is 0.00000215. The molecule has 43 heavy (non-hydrogen) atoms. The monoisotopic (exact) mass is 680 g/mol. The fourth-order valence-electron chi connectivity index (χ4n) is 9.17. The maximum absolute atomic E-state index is 6.40. The SMILES string of the molecule is Cl.Cl.Cl.[CH3][Ti]([CH3])([CH3])([c]1ccccc1)([c]1ccccc1)([c]1ccccc1)([c]1ccccc1)[N]1CCNCCNCCNCC1. The van der Waals surface area contributed by atoms with E-state index in [-0.39, 0.29) is 37.2 Å². The predicted molar refractivity (Wildman–Crippen MR) is 194 cm³/mol. The van der Waals surface area contributed by atoms with Gasteiger partial charge in [-0.05, 0) is 0 Å². The summed E-state index contributed by atoms with van der Waals surface area (Å²) in [6.07, 6.45) is 0. The third-order valence-electron chi connectivity index (χ3n) is 12.5. The van der Waals surface area contributed by atoms with Gasteiger partial charge in [0.2, 0.25) is 0 Å². The molecule has 4 aromatic carbocycles. The van der Waals surface area contributed by atoms with Gasteiger partial charge in [-0.1, -0.05) is 0 Å². The van der Waals surface area contributed by atoms with Crippen molar-refractivity contribution >= 4 is 52.7 Å². The van der Waals surface area contributed by atoms with E-state index in [9.17, 15) is 0 Å². The van der Waals surface area contributed by atoms with E-state index in [1.54, 1.807) is 0 Å². The molecule has 0 bridgehead atoms. The molecule has 0 unspecified atom stereocenters. The van der Waals surface area contributed by atoms with Crippen LogP contribution in [-0.4, -0.2) is 55.7 Å². The van der Waals surface area contributed by atoms with Crippen LogP contribution in [0.2, 0.25) is 15.7 Å². The van der Waals surface area contributed by atoms with Crippen molar-refractivity contribution in [3.05, 3.63) is 121 Å².